The minimum Gasteiger partial charge on any atom is -0.352 e. The molecule has 2 heterocycles. The van der Waals surface area contributed by atoms with Gasteiger partial charge in [-0.25, -0.2) is 0 Å². The van der Waals surface area contributed by atoms with Crippen LogP contribution in [0.5, 0.6) is 0 Å². The number of hydrogen-bond donors (Lipinski definition) is 1. The molecular formula is C20H24N4O3. The molecule has 1 aliphatic rings. The molecule has 7 nitrogen and oxygen atoms in total. The zero-order chi connectivity index (χ0) is 19.4. The number of unbranched alkanes of at least 4 members (excludes halogenated alkanes) is 2. The first-order valence-corrected chi connectivity index (χ1v) is 9.18. The first-order valence-electron chi connectivity index (χ1n) is 9.18. The van der Waals surface area contributed by atoms with Crippen molar-refractivity contribution in [3.05, 3.63) is 52.8 Å². The van der Waals surface area contributed by atoms with Gasteiger partial charge in [-0.15, -0.1) is 0 Å². The topological polar surface area (TPSA) is 84.3 Å². The van der Waals surface area contributed by atoms with Crippen LogP contribution >= 0.6 is 0 Å². The van der Waals surface area contributed by atoms with E-state index in [4.69, 9.17) is 0 Å². The van der Waals surface area contributed by atoms with Crippen LogP contribution in [0.3, 0.4) is 0 Å². The summed E-state index contributed by atoms with van der Waals surface area (Å²) in [5.41, 5.74) is 2.88. The van der Waals surface area contributed by atoms with Crippen LogP contribution in [0.25, 0.3) is 0 Å². The summed E-state index contributed by atoms with van der Waals surface area (Å²) in [5, 5.41) is 7.15. The van der Waals surface area contributed by atoms with E-state index in [1.807, 2.05) is 20.2 Å². The monoisotopic (exact) mass is 368 g/mol. The summed E-state index contributed by atoms with van der Waals surface area (Å²) in [4.78, 5) is 37.8. The molecule has 27 heavy (non-hydrogen) atoms. The van der Waals surface area contributed by atoms with Crippen LogP contribution in [-0.2, 0) is 18.4 Å². The lowest BCUT2D eigenvalue weighted by molar-refractivity contribution is -0.121. The maximum Gasteiger partial charge on any atom is 0.261 e. The van der Waals surface area contributed by atoms with E-state index in [0.717, 1.165) is 24.1 Å². The second-order valence-electron chi connectivity index (χ2n) is 6.81. The van der Waals surface area contributed by atoms with Crippen molar-refractivity contribution in [1.82, 2.24) is 20.0 Å². The van der Waals surface area contributed by atoms with Crippen LogP contribution in [0, 0.1) is 6.92 Å². The second kappa shape index (κ2) is 8.16. The Kier molecular flexibility index (Phi) is 5.69. The van der Waals surface area contributed by atoms with E-state index >= 15 is 0 Å². The molecule has 3 rings (SSSR count). The van der Waals surface area contributed by atoms with E-state index in [2.05, 4.69) is 10.4 Å². The minimum absolute atomic E-state index is 0.000941. The number of carbonyl (C=O) groups is 3. The van der Waals surface area contributed by atoms with Gasteiger partial charge in [0.1, 0.15) is 0 Å². The Morgan fingerprint density at radius 2 is 1.74 bits per heavy atom. The molecule has 1 aliphatic heterocycles. The van der Waals surface area contributed by atoms with E-state index in [0.29, 0.717) is 37.1 Å². The Morgan fingerprint density at radius 3 is 2.33 bits per heavy atom. The molecule has 3 amide bonds. The Hall–Kier alpha value is -2.96. The smallest absolute Gasteiger partial charge is 0.261 e. The Balaban J connectivity index is 1.35. The van der Waals surface area contributed by atoms with Gasteiger partial charge in [-0.05, 0) is 31.9 Å². The maximum atomic E-state index is 12.3. The number of hydrogen-bond acceptors (Lipinski definition) is 4. The average Bonchev–Trinajstić information content (AvgIpc) is 3.10. The molecule has 0 aliphatic carbocycles. The molecule has 0 radical (unpaired) electrons. The van der Waals surface area contributed by atoms with Gasteiger partial charge in [0.25, 0.3) is 11.8 Å². The number of rotatable bonds is 8. The fourth-order valence-electron chi connectivity index (χ4n) is 3.28. The molecule has 142 valence electrons. The van der Waals surface area contributed by atoms with Gasteiger partial charge in [-0.2, -0.15) is 5.10 Å². The molecule has 1 aromatic carbocycles. The van der Waals surface area contributed by atoms with Gasteiger partial charge >= 0.3 is 0 Å². The normalized spacial score (nSPS) is 13.2. The molecule has 0 bridgehead atoms. The predicted octanol–water partition coefficient (Wildman–Crippen LogP) is 2.20. The first kappa shape index (κ1) is 18.8. The molecule has 2 aromatic rings. The number of imide groups is 1. The van der Waals surface area contributed by atoms with E-state index in [1.54, 1.807) is 28.9 Å². The number of fused-ring (bicyclic) bond motifs is 1. The third-order valence-electron chi connectivity index (χ3n) is 4.75. The number of benzene rings is 1. The number of aromatic nitrogens is 2. The van der Waals surface area contributed by atoms with Gasteiger partial charge in [0.05, 0.1) is 16.8 Å². The number of aryl methyl sites for hydroxylation is 2. The van der Waals surface area contributed by atoms with Gasteiger partial charge < -0.3 is 5.32 Å². The van der Waals surface area contributed by atoms with Crippen molar-refractivity contribution in [2.75, 3.05) is 6.54 Å². The summed E-state index contributed by atoms with van der Waals surface area (Å²) in [6.45, 7) is 2.79. The second-order valence-corrected chi connectivity index (χ2v) is 6.81. The van der Waals surface area contributed by atoms with Gasteiger partial charge in [-0.3, -0.25) is 24.0 Å². The molecule has 7 heteroatoms. The molecule has 0 unspecified atom stereocenters. The number of carbonyl (C=O) groups excluding carboxylic acids is 3. The lowest BCUT2D eigenvalue weighted by Gasteiger charge is -2.13. The number of nitrogens with one attached hydrogen (secondary N) is 1. The highest BCUT2D eigenvalue weighted by Crippen LogP contribution is 2.22. The maximum absolute atomic E-state index is 12.3. The lowest BCUT2D eigenvalue weighted by Crippen LogP contribution is -2.30. The van der Waals surface area contributed by atoms with Crippen LogP contribution in [0.15, 0.2) is 30.5 Å². The van der Waals surface area contributed by atoms with Crippen LogP contribution in [0.1, 0.15) is 57.7 Å². The van der Waals surface area contributed by atoms with Crippen LogP contribution < -0.4 is 5.32 Å². The summed E-state index contributed by atoms with van der Waals surface area (Å²) < 4.78 is 1.73. The van der Waals surface area contributed by atoms with E-state index in [1.165, 1.54) is 4.90 Å². The van der Waals surface area contributed by atoms with Gasteiger partial charge in [0.15, 0.2) is 0 Å². The minimum atomic E-state index is -0.222. The SMILES string of the molecule is Cc1nn(C)cc1CNC(=O)CCCCCN1C(=O)c2ccccc2C1=O. The largest absolute Gasteiger partial charge is 0.352 e. The first-order chi connectivity index (χ1) is 13.0. The average molecular weight is 368 g/mol. The number of nitrogens with zero attached hydrogens (tertiary/aromatic N) is 3. The van der Waals surface area contributed by atoms with Crippen LogP contribution in [0.2, 0.25) is 0 Å². The Bertz CT molecular complexity index is 837. The summed E-state index contributed by atoms with van der Waals surface area (Å²) >= 11 is 0. The van der Waals surface area contributed by atoms with E-state index < -0.39 is 0 Å². The number of amides is 3. The summed E-state index contributed by atoms with van der Waals surface area (Å²) in [6, 6.07) is 6.89. The van der Waals surface area contributed by atoms with Gasteiger partial charge in [-0.1, -0.05) is 18.6 Å². The van der Waals surface area contributed by atoms with Crippen molar-refractivity contribution in [2.24, 2.45) is 7.05 Å². The van der Waals surface area contributed by atoms with Crippen LogP contribution in [0.4, 0.5) is 0 Å². The van der Waals surface area contributed by atoms with Crippen molar-refractivity contribution < 1.29 is 14.4 Å². The fraction of sp³-hybridized carbons (Fsp3) is 0.400. The molecule has 0 saturated carbocycles. The molecule has 0 fully saturated rings. The fourth-order valence-corrected chi connectivity index (χ4v) is 3.28. The summed E-state index contributed by atoms with van der Waals surface area (Å²) in [5.74, 6) is -0.445. The molecule has 1 aromatic heterocycles. The third kappa shape index (κ3) is 4.24. The molecule has 0 saturated heterocycles. The van der Waals surface area contributed by atoms with Crippen molar-refractivity contribution in [3.63, 3.8) is 0 Å². The Morgan fingerprint density at radius 1 is 1.07 bits per heavy atom. The van der Waals surface area contributed by atoms with Crippen molar-refractivity contribution in [2.45, 2.75) is 39.2 Å². The molecule has 0 spiro atoms. The molecular weight excluding hydrogens is 344 g/mol. The predicted molar refractivity (Wildman–Crippen MR) is 100 cm³/mol. The highest BCUT2D eigenvalue weighted by Gasteiger charge is 2.34. The lowest BCUT2D eigenvalue weighted by atomic mass is 10.1. The van der Waals surface area contributed by atoms with Crippen molar-refractivity contribution in [3.8, 4) is 0 Å². The van der Waals surface area contributed by atoms with E-state index in [-0.39, 0.29) is 17.7 Å². The van der Waals surface area contributed by atoms with Gasteiger partial charge in [0, 0.05) is 38.3 Å². The third-order valence-corrected chi connectivity index (χ3v) is 4.75. The summed E-state index contributed by atoms with van der Waals surface area (Å²) in [7, 11) is 1.85. The van der Waals surface area contributed by atoms with Crippen molar-refractivity contribution in [1.29, 1.82) is 0 Å². The summed E-state index contributed by atoms with van der Waals surface area (Å²) in [6.07, 6.45) is 4.54. The standard InChI is InChI=1S/C20H24N4O3/c1-14-15(13-23(2)22-14)12-21-18(25)10-4-3-7-11-24-19(26)16-8-5-6-9-17(16)20(24)27/h5-6,8-9,13H,3-4,7,10-12H2,1-2H3,(H,21,25). The zero-order valence-electron chi connectivity index (χ0n) is 15.7. The molecule has 0 atom stereocenters. The highest BCUT2D eigenvalue weighted by atomic mass is 16.2. The van der Waals surface area contributed by atoms with Crippen LogP contribution in [-0.4, -0.2) is 38.9 Å². The Labute approximate surface area is 158 Å². The zero-order valence-corrected chi connectivity index (χ0v) is 15.7. The quantitative estimate of drug-likeness (QED) is 0.572. The molecule has 1 N–H and O–H groups in total. The van der Waals surface area contributed by atoms with Crippen molar-refractivity contribution >= 4 is 17.7 Å². The van der Waals surface area contributed by atoms with E-state index in [9.17, 15) is 14.4 Å². The van der Waals surface area contributed by atoms with Gasteiger partial charge in [0.2, 0.25) is 5.91 Å². The highest BCUT2D eigenvalue weighted by molar-refractivity contribution is 6.21.